The Labute approximate surface area is 328 Å². The topological polar surface area (TPSA) is 139 Å². The number of hydrogen-bond donors (Lipinski definition) is 3. The summed E-state index contributed by atoms with van der Waals surface area (Å²) < 4.78 is 140. The number of sulfonamides is 1. The molecule has 4 aromatic carbocycles. The number of carboxylic acids is 1. The lowest BCUT2D eigenvalue weighted by Gasteiger charge is -2.41. The first-order valence-electron chi connectivity index (χ1n) is 18.4. The van der Waals surface area contributed by atoms with Crippen molar-refractivity contribution in [3.63, 3.8) is 0 Å². The van der Waals surface area contributed by atoms with E-state index in [4.69, 9.17) is 20.4 Å². The highest BCUT2D eigenvalue weighted by atomic mass is 32.2. The van der Waals surface area contributed by atoms with Crippen molar-refractivity contribution in [2.24, 2.45) is 5.73 Å². The van der Waals surface area contributed by atoms with Gasteiger partial charge in [0.1, 0.15) is 5.75 Å². The number of carboxylic acid groups (broad SMARTS) is 1. The molecular weight excluding hydrogens is 803 g/mol. The normalized spacial score (nSPS) is 20.7. The number of nitrogens with zero attached hydrogens (tertiary/aromatic N) is 1. The van der Waals surface area contributed by atoms with E-state index in [0.29, 0.717) is 53.3 Å². The van der Waals surface area contributed by atoms with Crippen LogP contribution in [0.5, 0.6) is 5.75 Å². The first-order valence-corrected chi connectivity index (χ1v) is 19.9. The number of benzene rings is 4. The molecule has 4 aromatic rings. The molecule has 2 unspecified atom stereocenters. The number of carbonyl (C=O) groups is 2. The summed E-state index contributed by atoms with van der Waals surface area (Å²) in [4.78, 5) is 24.2. The van der Waals surface area contributed by atoms with E-state index < -0.39 is 69.4 Å². The number of piperidine rings is 1. The number of fused-ring (bicyclic) bond motifs is 3. The second-order valence-corrected chi connectivity index (χ2v) is 16.4. The highest BCUT2D eigenvalue weighted by Gasteiger charge is 2.53. The van der Waals surface area contributed by atoms with Crippen LogP contribution in [-0.4, -0.2) is 66.7 Å². The van der Waals surface area contributed by atoms with Gasteiger partial charge in [0.15, 0.2) is 6.04 Å². The van der Waals surface area contributed by atoms with Crippen LogP contribution in [0.4, 0.5) is 35.1 Å². The zero-order valence-electron chi connectivity index (χ0n) is 30.6. The molecule has 2 bridgehead atoms. The maximum Gasteiger partial charge on any atom is 0.490 e. The number of nitrogens with two attached hydrogens (primary N) is 1. The largest absolute Gasteiger partial charge is 0.490 e. The van der Waals surface area contributed by atoms with Gasteiger partial charge in [-0.05, 0) is 110 Å². The summed E-state index contributed by atoms with van der Waals surface area (Å²) in [6.45, 7) is 0. The summed E-state index contributed by atoms with van der Waals surface area (Å²) in [6.07, 6.45) is -3.32. The lowest BCUT2D eigenvalue weighted by atomic mass is 9.94. The third kappa shape index (κ3) is 9.55. The van der Waals surface area contributed by atoms with Crippen LogP contribution in [0.1, 0.15) is 62.5 Å². The molecule has 1 amide bonds. The van der Waals surface area contributed by atoms with Crippen molar-refractivity contribution in [2.45, 2.75) is 105 Å². The minimum atomic E-state index is -5.08. The molecule has 0 radical (unpaired) electrons. The molecule has 3 atom stereocenters. The average molecular weight is 842 g/mol. The highest BCUT2D eigenvalue weighted by molar-refractivity contribution is 7.89. The van der Waals surface area contributed by atoms with E-state index in [0.717, 1.165) is 49.9 Å². The van der Waals surface area contributed by atoms with Gasteiger partial charge in [-0.3, -0.25) is 4.79 Å². The minimum absolute atomic E-state index is 0.134. The predicted molar refractivity (Wildman–Crippen MR) is 196 cm³/mol. The van der Waals surface area contributed by atoms with Gasteiger partial charge in [-0.15, -0.1) is 0 Å². The maximum absolute atomic E-state index is 16.7. The number of hydrogen-bond acceptors (Lipinski definition) is 6. The molecule has 3 aliphatic rings. The Balaban J connectivity index is 0.000000743. The molecule has 2 saturated heterocycles. The Morgan fingerprint density at radius 3 is 1.76 bits per heavy atom. The molecule has 1 saturated carbocycles. The van der Waals surface area contributed by atoms with Crippen molar-refractivity contribution in [2.75, 3.05) is 0 Å². The zero-order valence-corrected chi connectivity index (χ0v) is 31.4. The number of alkyl halides is 8. The summed E-state index contributed by atoms with van der Waals surface area (Å²) in [5, 5.41) is 8.38. The highest BCUT2D eigenvalue weighted by Crippen LogP contribution is 2.41. The Hall–Kier alpha value is -4.81. The third-order valence-electron chi connectivity index (χ3n) is 10.7. The first-order chi connectivity index (χ1) is 27.1. The maximum atomic E-state index is 16.7. The van der Waals surface area contributed by atoms with Crippen LogP contribution in [-0.2, 0) is 31.7 Å². The van der Waals surface area contributed by atoms with Gasteiger partial charge in [0.05, 0.1) is 16.6 Å². The fraction of sp³-hybridized carbons (Fsp3) is 0.400. The van der Waals surface area contributed by atoms with E-state index in [2.05, 4.69) is 4.72 Å². The van der Waals surface area contributed by atoms with Gasteiger partial charge >= 0.3 is 18.3 Å². The quantitative estimate of drug-likeness (QED) is 0.144. The summed E-state index contributed by atoms with van der Waals surface area (Å²) >= 11 is 0. The van der Waals surface area contributed by atoms with E-state index in [1.54, 1.807) is 18.2 Å². The van der Waals surface area contributed by atoms with Gasteiger partial charge in [-0.2, -0.15) is 39.8 Å². The van der Waals surface area contributed by atoms with Gasteiger partial charge in [-0.25, -0.2) is 13.2 Å². The second-order valence-electron chi connectivity index (χ2n) is 14.7. The molecule has 3 fully saturated rings. The number of rotatable bonds is 9. The van der Waals surface area contributed by atoms with Crippen LogP contribution in [0.3, 0.4) is 0 Å². The van der Waals surface area contributed by atoms with Crippen LogP contribution >= 0.6 is 0 Å². The smallest absolute Gasteiger partial charge is 0.490 e. The number of halogens is 8. The van der Waals surface area contributed by atoms with Crippen molar-refractivity contribution < 1.29 is 63.0 Å². The van der Waals surface area contributed by atoms with Crippen LogP contribution in [0.25, 0.3) is 21.9 Å². The first kappa shape index (κ1) is 42.8. The minimum Gasteiger partial charge on any atom is -0.490 e. The van der Waals surface area contributed by atoms with Crippen molar-refractivity contribution in [3.8, 4) is 16.9 Å². The number of amides is 1. The molecule has 9 nitrogen and oxygen atoms in total. The molecule has 18 heteroatoms. The molecule has 0 aromatic heterocycles. The van der Waals surface area contributed by atoms with E-state index >= 15 is 8.78 Å². The predicted octanol–water partition coefficient (Wildman–Crippen LogP) is 8.40. The molecular formula is C40H39F8N3O6S. The van der Waals surface area contributed by atoms with Crippen molar-refractivity contribution in [1.82, 2.24) is 9.62 Å². The molecule has 1 aliphatic carbocycles. The molecule has 0 spiro atoms. The number of carbonyl (C=O) groups excluding carboxylic acids is 1. The Kier molecular flexibility index (Phi) is 12.1. The van der Waals surface area contributed by atoms with E-state index in [9.17, 15) is 39.6 Å². The molecule has 4 N–H and O–H groups in total. The summed E-state index contributed by atoms with van der Waals surface area (Å²) in [7, 11) is -4.67. The van der Waals surface area contributed by atoms with Gasteiger partial charge < -0.3 is 20.5 Å². The Bertz CT molecular complexity index is 2210. The van der Waals surface area contributed by atoms with Gasteiger partial charge in [0, 0.05) is 23.7 Å². The summed E-state index contributed by atoms with van der Waals surface area (Å²) in [5.74, 6) is -7.16. The Morgan fingerprint density at radius 2 is 1.24 bits per heavy atom. The third-order valence-corrected chi connectivity index (χ3v) is 12.1. The van der Waals surface area contributed by atoms with Gasteiger partial charge in [0.25, 0.3) is 5.92 Å². The zero-order chi connectivity index (χ0) is 42.2. The summed E-state index contributed by atoms with van der Waals surface area (Å²) in [6, 6.07) is 15.1. The van der Waals surface area contributed by atoms with Crippen LogP contribution in [0, 0.1) is 0 Å². The lowest BCUT2D eigenvalue weighted by molar-refractivity contribution is -0.192. The standard InChI is InChI=1S/C38H38F5N3O4S.C2HF3O2/c39-37(40,27-11-5-23(6-12-27)24-7-13-28(14-8-24)38(41,42)43)35(36(47)46-30-15-16-31(46)22-29(44)21-30)45-51(48,49)34-18-10-25-19-33(17-9-26(25)20-34)50-32-3-1-2-4-32;3-2(4,5)1(6)7/h5-14,17-20,29-32,35,45H,1-4,15-16,21-22,44H2;(H,6,7)/t29?,30?,31?,35-;/m0./s1. The molecule has 58 heavy (non-hydrogen) atoms. The number of nitrogens with one attached hydrogen (secondary N) is 1. The monoisotopic (exact) mass is 841 g/mol. The van der Waals surface area contributed by atoms with Crippen molar-refractivity contribution in [1.29, 1.82) is 0 Å². The number of aliphatic carboxylic acids is 1. The van der Waals surface area contributed by atoms with Crippen LogP contribution in [0.15, 0.2) is 89.8 Å². The van der Waals surface area contributed by atoms with E-state index in [1.165, 1.54) is 41.3 Å². The number of ether oxygens (including phenoxy) is 1. The molecule has 7 rings (SSSR count). The van der Waals surface area contributed by atoms with Gasteiger partial charge in [0.2, 0.25) is 15.9 Å². The van der Waals surface area contributed by atoms with E-state index in [-0.39, 0.29) is 17.0 Å². The van der Waals surface area contributed by atoms with Crippen LogP contribution in [0.2, 0.25) is 0 Å². The molecule has 312 valence electrons. The van der Waals surface area contributed by atoms with Crippen LogP contribution < -0.4 is 15.2 Å². The SMILES string of the molecule is NC1CC2CCC(C1)N2C(=O)[C@H](NS(=O)(=O)c1ccc2cc(OC3CCCC3)ccc2c1)C(F)(F)c1ccc(-c2ccc(C(F)(F)F)cc2)cc1.O=C(O)C(F)(F)F. The fourth-order valence-corrected chi connectivity index (χ4v) is 9.00. The van der Waals surface area contributed by atoms with E-state index in [1.807, 2.05) is 6.07 Å². The summed E-state index contributed by atoms with van der Waals surface area (Å²) in [5.41, 5.74) is 5.42. The van der Waals surface area contributed by atoms with Gasteiger partial charge in [-0.1, -0.05) is 48.5 Å². The average Bonchev–Trinajstić information content (AvgIpc) is 3.78. The lowest BCUT2D eigenvalue weighted by Crippen LogP contribution is -2.60. The molecule has 2 heterocycles. The fourth-order valence-electron chi connectivity index (χ4n) is 7.77. The second kappa shape index (κ2) is 16.4. The van der Waals surface area contributed by atoms with Crippen molar-refractivity contribution >= 4 is 32.7 Å². The molecule has 2 aliphatic heterocycles. The van der Waals surface area contributed by atoms with Crippen molar-refractivity contribution in [3.05, 3.63) is 96.1 Å². The Morgan fingerprint density at radius 1 is 0.741 bits per heavy atom.